The lowest BCUT2D eigenvalue weighted by atomic mass is 10.2. The second-order valence-electron chi connectivity index (χ2n) is 6.26. The van der Waals surface area contributed by atoms with Crippen molar-refractivity contribution in [3.63, 3.8) is 0 Å². The Hall–Kier alpha value is -2.42. The summed E-state index contributed by atoms with van der Waals surface area (Å²) in [5, 5.41) is 5.90. The van der Waals surface area contributed by atoms with E-state index in [2.05, 4.69) is 10.6 Å². The van der Waals surface area contributed by atoms with E-state index in [1.165, 1.54) is 16.4 Å². The molecule has 0 unspecified atom stereocenters. The zero-order valence-electron chi connectivity index (χ0n) is 15.1. The van der Waals surface area contributed by atoms with Crippen LogP contribution in [0.25, 0.3) is 0 Å². The Balaban J connectivity index is 1.62. The van der Waals surface area contributed by atoms with Gasteiger partial charge in [0.2, 0.25) is 15.9 Å². The average molecular weight is 389 g/mol. The van der Waals surface area contributed by atoms with Crippen LogP contribution in [0.1, 0.15) is 6.92 Å². The molecule has 2 aromatic carbocycles. The van der Waals surface area contributed by atoms with Gasteiger partial charge in [-0.2, -0.15) is 4.31 Å². The lowest BCUT2D eigenvalue weighted by molar-refractivity contribution is -0.116. The Morgan fingerprint density at radius 3 is 2.26 bits per heavy atom. The molecule has 1 atom stereocenters. The summed E-state index contributed by atoms with van der Waals surface area (Å²) < 4.78 is 31.8. The number of carbonyl (C=O) groups excluding carboxylic acids is 1. The van der Waals surface area contributed by atoms with Crippen molar-refractivity contribution < 1.29 is 17.9 Å². The lowest BCUT2D eigenvalue weighted by Gasteiger charge is -2.26. The summed E-state index contributed by atoms with van der Waals surface area (Å²) in [6, 6.07) is 15.2. The molecule has 0 aliphatic carbocycles. The Kier molecular flexibility index (Phi) is 6.10. The number of morpholine rings is 1. The molecule has 1 amide bonds. The summed E-state index contributed by atoms with van der Waals surface area (Å²) in [5.41, 5.74) is 1.40. The van der Waals surface area contributed by atoms with Crippen molar-refractivity contribution in [1.82, 2.24) is 4.31 Å². The number of rotatable bonds is 6. The number of anilines is 2. The molecule has 2 N–H and O–H groups in total. The van der Waals surface area contributed by atoms with Gasteiger partial charge < -0.3 is 15.4 Å². The highest BCUT2D eigenvalue weighted by Gasteiger charge is 2.26. The number of hydrogen-bond donors (Lipinski definition) is 2. The van der Waals surface area contributed by atoms with Crippen LogP contribution >= 0.6 is 0 Å². The highest BCUT2D eigenvalue weighted by Crippen LogP contribution is 2.19. The molecule has 2 aromatic rings. The maximum Gasteiger partial charge on any atom is 0.246 e. The molecule has 1 saturated heterocycles. The molecule has 1 aliphatic rings. The van der Waals surface area contributed by atoms with E-state index in [1.54, 1.807) is 19.1 Å². The monoisotopic (exact) mass is 389 g/mol. The number of nitrogens with zero attached hydrogens (tertiary/aromatic N) is 1. The quantitative estimate of drug-likeness (QED) is 0.790. The molecule has 3 rings (SSSR count). The molecule has 0 saturated carbocycles. The molecular weight excluding hydrogens is 366 g/mol. The number of benzene rings is 2. The standard InChI is InChI=1S/C19H23N3O4S/c1-15(20-16-5-3-2-4-6-16)19(23)21-17-7-9-18(10-8-17)27(24,25)22-11-13-26-14-12-22/h2-10,15,20H,11-14H2,1H3,(H,21,23)/t15-/m0/s1. The highest BCUT2D eigenvalue weighted by molar-refractivity contribution is 7.89. The van der Waals surface area contributed by atoms with Gasteiger partial charge >= 0.3 is 0 Å². The van der Waals surface area contributed by atoms with Crippen molar-refractivity contribution in [3.05, 3.63) is 54.6 Å². The summed E-state index contributed by atoms with van der Waals surface area (Å²) in [7, 11) is -3.54. The maximum atomic E-state index is 12.6. The number of carbonyl (C=O) groups is 1. The van der Waals surface area contributed by atoms with Crippen molar-refractivity contribution in [3.8, 4) is 0 Å². The number of sulfonamides is 1. The van der Waals surface area contributed by atoms with Crippen LogP contribution in [0.15, 0.2) is 59.5 Å². The summed E-state index contributed by atoms with van der Waals surface area (Å²) >= 11 is 0. The molecule has 7 nitrogen and oxygen atoms in total. The number of hydrogen-bond acceptors (Lipinski definition) is 5. The van der Waals surface area contributed by atoms with E-state index in [1.807, 2.05) is 30.3 Å². The zero-order valence-corrected chi connectivity index (χ0v) is 15.9. The molecule has 0 aromatic heterocycles. The van der Waals surface area contributed by atoms with Gasteiger partial charge in [0.05, 0.1) is 18.1 Å². The van der Waals surface area contributed by atoms with Crippen LogP contribution in [-0.2, 0) is 19.6 Å². The first-order valence-electron chi connectivity index (χ1n) is 8.77. The maximum absolute atomic E-state index is 12.6. The smallest absolute Gasteiger partial charge is 0.246 e. The van der Waals surface area contributed by atoms with Gasteiger partial charge in [-0.05, 0) is 43.3 Å². The van der Waals surface area contributed by atoms with Crippen molar-refractivity contribution >= 4 is 27.3 Å². The molecular formula is C19H23N3O4S. The Morgan fingerprint density at radius 2 is 1.63 bits per heavy atom. The van der Waals surface area contributed by atoms with Crippen molar-refractivity contribution in [1.29, 1.82) is 0 Å². The normalized spacial score (nSPS) is 16.5. The van der Waals surface area contributed by atoms with E-state index in [4.69, 9.17) is 4.74 Å². The molecule has 8 heteroatoms. The first-order chi connectivity index (χ1) is 13.0. The summed E-state index contributed by atoms with van der Waals surface area (Å²) in [6.45, 7) is 3.27. The van der Waals surface area contributed by atoms with Gasteiger partial charge in [0.15, 0.2) is 0 Å². The van der Waals surface area contributed by atoms with Crippen LogP contribution in [-0.4, -0.2) is 51.0 Å². The van der Waals surface area contributed by atoms with Crippen molar-refractivity contribution in [2.24, 2.45) is 0 Å². The average Bonchev–Trinajstić information content (AvgIpc) is 2.70. The molecule has 0 radical (unpaired) electrons. The molecule has 1 aliphatic heterocycles. The molecule has 1 heterocycles. The number of amides is 1. The third-order valence-electron chi connectivity index (χ3n) is 4.28. The Morgan fingerprint density at radius 1 is 1.00 bits per heavy atom. The zero-order chi connectivity index (χ0) is 19.3. The fraction of sp³-hybridized carbons (Fsp3) is 0.316. The molecule has 1 fully saturated rings. The predicted molar refractivity (Wildman–Crippen MR) is 104 cm³/mol. The van der Waals surface area contributed by atoms with Gasteiger partial charge in [-0.15, -0.1) is 0 Å². The van der Waals surface area contributed by atoms with Gasteiger partial charge in [0, 0.05) is 24.5 Å². The van der Waals surface area contributed by atoms with E-state index in [-0.39, 0.29) is 10.8 Å². The molecule has 144 valence electrons. The Bertz CT molecular complexity index is 864. The first-order valence-corrected chi connectivity index (χ1v) is 10.2. The van der Waals surface area contributed by atoms with Gasteiger partial charge in [0.25, 0.3) is 0 Å². The van der Waals surface area contributed by atoms with Gasteiger partial charge in [-0.3, -0.25) is 4.79 Å². The highest BCUT2D eigenvalue weighted by atomic mass is 32.2. The fourth-order valence-electron chi connectivity index (χ4n) is 2.75. The molecule has 0 spiro atoms. The van der Waals surface area contributed by atoms with E-state index < -0.39 is 16.1 Å². The molecule has 27 heavy (non-hydrogen) atoms. The van der Waals surface area contributed by atoms with Crippen LogP contribution in [0, 0.1) is 0 Å². The van der Waals surface area contributed by atoms with Crippen molar-refractivity contribution in [2.75, 3.05) is 36.9 Å². The number of ether oxygens (including phenoxy) is 1. The summed E-state index contributed by atoms with van der Waals surface area (Å²) in [6.07, 6.45) is 0. The van der Waals surface area contributed by atoms with Gasteiger partial charge in [-0.1, -0.05) is 18.2 Å². The topological polar surface area (TPSA) is 87.7 Å². The van der Waals surface area contributed by atoms with Crippen LogP contribution in [0.2, 0.25) is 0 Å². The third-order valence-corrected chi connectivity index (χ3v) is 6.19. The first kappa shape index (κ1) is 19.3. The fourth-order valence-corrected chi connectivity index (χ4v) is 4.15. The summed E-state index contributed by atoms with van der Waals surface area (Å²) in [4.78, 5) is 12.5. The minimum absolute atomic E-state index is 0.206. The van der Waals surface area contributed by atoms with E-state index in [9.17, 15) is 13.2 Å². The minimum atomic E-state index is -3.54. The van der Waals surface area contributed by atoms with Crippen LogP contribution < -0.4 is 10.6 Å². The third kappa shape index (κ3) is 4.85. The second kappa shape index (κ2) is 8.51. The van der Waals surface area contributed by atoms with E-state index in [0.717, 1.165) is 5.69 Å². The predicted octanol–water partition coefficient (Wildman–Crippen LogP) is 2.15. The van der Waals surface area contributed by atoms with Crippen LogP contribution in [0.4, 0.5) is 11.4 Å². The number of nitrogens with one attached hydrogen (secondary N) is 2. The minimum Gasteiger partial charge on any atom is -0.379 e. The van der Waals surface area contributed by atoms with Crippen LogP contribution in [0.5, 0.6) is 0 Å². The molecule has 0 bridgehead atoms. The van der Waals surface area contributed by atoms with E-state index in [0.29, 0.717) is 32.0 Å². The SMILES string of the molecule is C[C@H](Nc1ccccc1)C(=O)Nc1ccc(S(=O)(=O)N2CCOCC2)cc1. The van der Waals surface area contributed by atoms with Gasteiger partial charge in [-0.25, -0.2) is 8.42 Å². The van der Waals surface area contributed by atoms with Crippen molar-refractivity contribution in [2.45, 2.75) is 17.9 Å². The summed E-state index contributed by atoms with van der Waals surface area (Å²) in [5.74, 6) is -0.206. The Labute approximate surface area is 159 Å². The van der Waals surface area contributed by atoms with Gasteiger partial charge in [0.1, 0.15) is 6.04 Å². The lowest BCUT2D eigenvalue weighted by Crippen LogP contribution is -2.40. The van der Waals surface area contributed by atoms with Crippen LogP contribution in [0.3, 0.4) is 0 Å². The number of para-hydroxylation sites is 1. The second-order valence-corrected chi connectivity index (χ2v) is 8.20. The largest absolute Gasteiger partial charge is 0.379 e. The van der Waals surface area contributed by atoms with E-state index >= 15 is 0 Å².